The molecular weight excluding hydrogens is 436 g/mol. The maximum atomic E-state index is 13.9. The highest BCUT2D eigenvalue weighted by Crippen LogP contribution is 2.41. The van der Waals surface area contributed by atoms with Crippen LogP contribution in [0.1, 0.15) is 51.6 Å². The molecule has 0 unspecified atom stereocenters. The van der Waals surface area contributed by atoms with E-state index in [4.69, 9.17) is 10.1 Å². The number of fused-ring (bicyclic) bond motifs is 1. The van der Waals surface area contributed by atoms with Crippen LogP contribution >= 0.6 is 0 Å². The van der Waals surface area contributed by atoms with Crippen LogP contribution in [0.2, 0.25) is 0 Å². The average Bonchev–Trinajstić information content (AvgIpc) is 3.69. The van der Waals surface area contributed by atoms with Gasteiger partial charge < -0.3 is 4.90 Å². The van der Waals surface area contributed by atoms with Crippen molar-refractivity contribution >= 4 is 16.9 Å². The summed E-state index contributed by atoms with van der Waals surface area (Å²) in [5.41, 5.74) is 5.93. The maximum absolute atomic E-state index is 13.9. The summed E-state index contributed by atoms with van der Waals surface area (Å²) in [6.45, 7) is 8.23. The molecule has 3 aromatic heterocycles. The zero-order valence-corrected chi connectivity index (χ0v) is 20.3. The first-order valence-corrected chi connectivity index (χ1v) is 12.5. The Balaban J connectivity index is 1.29. The molecule has 1 aliphatic heterocycles. The first kappa shape index (κ1) is 21.9. The average molecular weight is 467 g/mol. The quantitative estimate of drug-likeness (QED) is 0.440. The number of piperazine rings is 1. The van der Waals surface area contributed by atoms with Crippen molar-refractivity contribution in [3.63, 3.8) is 0 Å². The van der Waals surface area contributed by atoms with E-state index in [2.05, 4.69) is 41.1 Å². The van der Waals surface area contributed by atoms with E-state index in [1.54, 1.807) is 10.9 Å². The van der Waals surface area contributed by atoms with E-state index in [-0.39, 0.29) is 5.91 Å². The summed E-state index contributed by atoms with van der Waals surface area (Å²) in [4.78, 5) is 27.7. The van der Waals surface area contributed by atoms with Crippen LogP contribution in [0, 0.1) is 13.8 Å². The largest absolute Gasteiger partial charge is 0.336 e. The molecule has 1 aliphatic carbocycles. The fraction of sp³-hybridized carbons (Fsp3) is 0.357. The number of benzene rings is 1. The van der Waals surface area contributed by atoms with Crippen molar-refractivity contribution in [3.05, 3.63) is 82.8 Å². The highest BCUT2D eigenvalue weighted by Gasteiger charge is 2.31. The molecule has 1 saturated carbocycles. The first-order chi connectivity index (χ1) is 17.1. The molecule has 0 spiro atoms. The van der Waals surface area contributed by atoms with Crippen LogP contribution in [0.4, 0.5) is 0 Å². The number of carbonyl (C=O) groups is 1. The number of aromatic nitrogens is 4. The molecule has 0 radical (unpaired) electrons. The number of hydrogen-bond acceptors (Lipinski definition) is 5. The second-order valence-electron chi connectivity index (χ2n) is 9.75. The summed E-state index contributed by atoms with van der Waals surface area (Å²) in [5, 5.41) is 5.59. The summed E-state index contributed by atoms with van der Waals surface area (Å²) in [6, 6.07) is 16.3. The molecule has 1 amide bonds. The predicted molar refractivity (Wildman–Crippen MR) is 136 cm³/mol. The molecule has 0 atom stereocenters. The van der Waals surface area contributed by atoms with Crippen molar-refractivity contribution in [1.82, 2.24) is 29.5 Å². The highest BCUT2D eigenvalue weighted by atomic mass is 16.2. The van der Waals surface area contributed by atoms with Crippen molar-refractivity contribution < 1.29 is 4.79 Å². The van der Waals surface area contributed by atoms with Crippen molar-refractivity contribution in [2.24, 2.45) is 0 Å². The van der Waals surface area contributed by atoms with Crippen LogP contribution in [0.25, 0.3) is 16.9 Å². The van der Waals surface area contributed by atoms with Gasteiger partial charge in [-0.25, -0.2) is 9.97 Å². The number of pyridine rings is 2. The summed E-state index contributed by atoms with van der Waals surface area (Å²) in [6.07, 6.45) is 4.01. The molecule has 1 aromatic carbocycles. The number of nitrogens with zero attached hydrogens (tertiary/aromatic N) is 6. The lowest BCUT2D eigenvalue weighted by Crippen LogP contribution is -2.48. The van der Waals surface area contributed by atoms with E-state index in [1.165, 1.54) is 11.1 Å². The number of hydrogen-bond donors (Lipinski definition) is 0. The second-order valence-corrected chi connectivity index (χ2v) is 9.75. The minimum absolute atomic E-state index is 0.0820. The highest BCUT2D eigenvalue weighted by molar-refractivity contribution is 6.06. The van der Waals surface area contributed by atoms with Crippen LogP contribution < -0.4 is 0 Å². The van der Waals surface area contributed by atoms with E-state index in [1.807, 2.05) is 36.1 Å². The van der Waals surface area contributed by atoms with Gasteiger partial charge in [-0.3, -0.25) is 9.69 Å². The minimum Gasteiger partial charge on any atom is -0.336 e. The van der Waals surface area contributed by atoms with E-state index < -0.39 is 0 Å². The van der Waals surface area contributed by atoms with Crippen LogP contribution in [0.15, 0.2) is 54.7 Å². The summed E-state index contributed by atoms with van der Waals surface area (Å²) < 4.78 is 1.79. The SMILES string of the molecule is Cc1ccccc1CN1CCN(C(=O)c2cc(C3CC3)nc3c2c(C)nn3-c2ccccn2)CC1. The van der Waals surface area contributed by atoms with Crippen molar-refractivity contribution in [2.75, 3.05) is 26.2 Å². The number of carbonyl (C=O) groups excluding carboxylic acids is 1. The van der Waals surface area contributed by atoms with Gasteiger partial charge in [0.05, 0.1) is 16.6 Å². The number of amides is 1. The van der Waals surface area contributed by atoms with Crippen LogP contribution in [-0.2, 0) is 6.54 Å². The predicted octanol–water partition coefficient (Wildman–Crippen LogP) is 4.27. The van der Waals surface area contributed by atoms with E-state index in [0.717, 1.165) is 73.6 Å². The molecule has 0 N–H and O–H groups in total. The van der Waals surface area contributed by atoms with Gasteiger partial charge in [-0.05, 0) is 56.0 Å². The molecular formula is C28H30N6O. The third-order valence-electron chi connectivity index (χ3n) is 7.24. The fourth-order valence-electron chi connectivity index (χ4n) is 5.01. The Morgan fingerprint density at radius 3 is 2.49 bits per heavy atom. The lowest BCUT2D eigenvalue weighted by molar-refractivity contribution is 0.0630. The van der Waals surface area contributed by atoms with Gasteiger partial charge in [0.1, 0.15) is 0 Å². The minimum atomic E-state index is 0.0820. The molecule has 7 heteroatoms. The van der Waals surface area contributed by atoms with Crippen LogP contribution in [0.3, 0.4) is 0 Å². The van der Waals surface area contributed by atoms with Gasteiger partial charge >= 0.3 is 0 Å². The second kappa shape index (κ2) is 8.89. The Labute approximate surface area is 205 Å². The lowest BCUT2D eigenvalue weighted by Gasteiger charge is -2.35. The first-order valence-electron chi connectivity index (χ1n) is 12.5. The smallest absolute Gasteiger partial charge is 0.254 e. The fourth-order valence-corrected chi connectivity index (χ4v) is 5.01. The molecule has 6 rings (SSSR count). The van der Waals surface area contributed by atoms with E-state index >= 15 is 0 Å². The lowest BCUT2D eigenvalue weighted by atomic mass is 10.1. The molecule has 4 heterocycles. The van der Waals surface area contributed by atoms with Gasteiger partial charge in [-0.1, -0.05) is 30.3 Å². The molecule has 4 aromatic rings. The van der Waals surface area contributed by atoms with Crippen molar-refractivity contribution in [2.45, 2.75) is 39.2 Å². The number of rotatable bonds is 5. The van der Waals surface area contributed by atoms with Crippen LogP contribution in [-0.4, -0.2) is 61.6 Å². The Hall–Kier alpha value is -3.58. The molecule has 2 fully saturated rings. The third-order valence-corrected chi connectivity index (χ3v) is 7.24. The van der Waals surface area contributed by atoms with Gasteiger partial charge in [0.2, 0.25) is 0 Å². The normalized spacial score (nSPS) is 16.7. The molecule has 2 aliphatic rings. The van der Waals surface area contributed by atoms with Gasteiger partial charge in [0.25, 0.3) is 5.91 Å². The maximum Gasteiger partial charge on any atom is 0.254 e. The van der Waals surface area contributed by atoms with Crippen molar-refractivity contribution in [3.8, 4) is 5.82 Å². The van der Waals surface area contributed by atoms with Gasteiger partial charge in [0, 0.05) is 50.5 Å². The topological polar surface area (TPSA) is 67.2 Å². The van der Waals surface area contributed by atoms with Gasteiger partial charge in [-0.15, -0.1) is 0 Å². The Bertz CT molecular complexity index is 1380. The zero-order chi connectivity index (χ0) is 23.9. The summed E-state index contributed by atoms with van der Waals surface area (Å²) in [7, 11) is 0. The molecule has 1 saturated heterocycles. The van der Waals surface area contributed by atoms with Crippen molar-refractivity contribution in [1.29, 1.82) is 0 Å². The van der Waals surface area contributed by atoms with E-state index in [0.29, 0.717) is 11.7 Å². The van der Waals surface area contributed by atoms with E-state index in [9.17, 15) is 4.79 Å². The molecule has 178 valence electrons. The summed E-state index contributed by atoms with van der Waals surface area (Å²) in [5.74, 6) is 1.23. The van der Waals surface area contributed by atoms with Crippen LogP contribution in [0.5, 0.6) is 0 Å². The Morgan fingerprint density at radius 1 is 1.00 bits per heavy atom. The number of aryl methyl sites for hydroxylation is 2. The Morgan fingerprint density at radius 2 is 1.77 bits per heavy atom. The zero-order valence-electron chi connectivity index (χ0n) is 20.3. The summed E-state index contributed by atoms with van der Waals surface area (Å²) >= 11 is 0. The van der Waals surface area contributed by atoms with Gasteiger partial charge in [-0.2, -0.15) is 9.78 Å². The Kier molecular flexibility index (Phi) is 5.57. The standard InChI is InChI=1S/C28H30N6O/c1-19-7-3-4-8-22(19)18-32-13-15-33(16-14-32)28(35)23-17-24(21-10-11-21)30-27-26(23)20(2)31-34(27)25-9-5-6-12-29-25/h3-9,12,17,21H,10-11,13-16,18H2,1-2H3. The molecule has 0 bridgehead atoms. The molecule has 7 nitrogen and oxygen atoms in total. The monoisotopic (exact) mass is 466 g/mol. The van der Waals surface area contributed by atoms with Gasteiger partial charge in [0.15, 0.2) is 11.5 Å². The third kappa shape index (κ3) is 4.21. The molecule has 35 heavy (non-hydrogen) atoms.